The highest BCUT2D eigenvalue weighted by Gasteiger charge is 1.99. The molecule has 0 spiro atoms. The maximum absolute atomic E-state index is 5.83. The minimum Gasteiger partial charge on any atom is -0.324 e. The van der Waals surface area contributed by atoms with E-state index in [2.05, 4.69) is 31.2 Å². The second kappa shape index (κ2) is 8.60. The van der Waals surface area contributed by atoms with Crippen LogP contribution >= 0.6 is 11.8 Å². The fourth-order valence-electron chi connectivity index (χ4n) is 1.76. The van der Waals surface area contributed by atoms with Crippen LogP contribution in [0.2, 0.25) is 0 Å². The van der Waals surface area contributed by atoms with Gasteiger partial charge in [0.05, 0.1) is 0 Å². The predicted molar refractivity (Wildman–Crippen MR) is 78.5 cm³/mol. The van der Waals surface area contributed by atoms with Gasteiger partial charge in [0.1, 0.15) is 0 Å². The van der Waals surface area contributed by atoms with Gasteiger partial charge < -0.3 is 5.73 Å². The van der Waals surface area contributed by atoms with E-state index in [4.69, 9.17) is 5.73 Å². The molecule has 1 aromatic carbocycles. The first-order valence-electron chi connectivity index (χ1n) is 6.72. The molecule has 0 amide bonds. The van der Waals surface area contributed by atoms with Crippen molar-refractivity contribution in [2.45, 2.75) is 56.9 Å². The molecule has 1 atom stereocenters. The summed E-state index contributed by atoms with van der Waals surface area (Å²) in [6, 6.07) is 8.81. The van der Waals surface area contributed by atoms with Gasteiger partial charge >= 0.3 is 0 Å². The van der Waals surface area contributed by atoms with Crippen molar-refractivity contribution in [1.82, 2.24) is 0 Å². The number of rotatable bonds is 8. The quantitative estimate of drug-likeness (QED) is 0.532. The molecule has 0 bridgehead atoms. The van der Waals surface area contributed by atoms with Crippen LogP contribution < -0.4 is 5.73 Å². The monoisotopic (exact) mass is 251 g/mol. The number of nitrogens with two attached hydrogens (primary N) is 1. The molecule has 1 unspecified atom stereocenters. The molecule has 0 heterocycles. The fourth-order valence-corrected chi connectivity index (χ4v) is 2.68. The van der Waals surface area contributed by atoms with Crippen molar-refractivity contribution in [1.29, 1.82) is 0 Å². The Kier molecular flexibility index (Phi) is 7.38. The van der Waals surface area contributed by atoms with Crippen LogP contribution in [0.5, 0.6) is 0 Å². The topological polar surface area (TPSA) is 26.0 Å². The summed E-state index contributed by atoms with van der Waals surface area (Å²) in [6.07, 6.45) is 6.80. The Hall–Kier alpha value is -0.470. The molecule has 0 saturated carbocycles. The summed E-state index contributed by atoms with van der Waals surface area (Å²) in [6.45, 7) is 4.28. The lowest BCUT2D eigenvalue weighted by molar-refractivity contribution is 0.659. The summed E-state index contributed by atoms with van der Waals surface area (Å²) in [5.41, 5.74) is 7.04. The summed E-state index contributed by atoms with van der Waals surface area (Å²) in [5, 5.41) is 0. The third-order valence-electron chi connectivity index (χ3n) is 2.92. The summed E-state index contributed by atoms with van der Waals surface area (Å²) in [5.74, 6) is 1.24. The largest absolute Gasteiger partial charge is 0.324 e. The van der Waals surface area contributed by atoms with Gasteiger partial charge in [0.2, 0.25) is 0 Å². The van der Waals surface area contributed by atoms with Gasteiger partial charge in [0.25, 0.3) is 0 Å². The van der Waals surface area contributed by atoms with Crippen LogP contribution in [0.4, 0.5) is 0 Å². The van der Waals surface area contributed by atoms with Crippen LogP contribution in [0.25, 0.3) is 0 Å². The van der Waals surface area contributed by atoms with Gasteiger partial charge in [-0.2, -0.15) is 0 Å². The summed E-state index contributed by atoms with van der Waals surface area (Å²) < 4.78 is 0. The van der Waals surface area contributed by atoms with Crippen molar-refractivity contribution < 1.29 is 0 Å². The van der Waals surface area contributed by atoms with E-state index in [1.807, 2.05) is 18.7 Å². The summed E-state index contributed by atoms with van der Waals surface area (Å²) in [4.78, 5) is 1.37. The van der Waals surface area contributed by atoms with Crippen molar-refractivity contribution in [3.63, 3.8) is 0 Å². The van der Waals surface area contributed by atoms with Crippen LogP contribution in [0.15, 0.2) is 29.2 Å². The number of benzene rings is 1. The maximum atomic E-state index is 5.83. The first-order chi connectivity index (χ1) is 8.24. The van der Waals surface area contributed by atoms with Crippen molar-refractivity contribution >= 4 is 11.8 Å². The van der Waals surface area contributed by atoms with E-state index in [9.17, 15) is 0 Å². The first-order valence-corrected chi connectivity index (χ1v) is 7.71. The second-order valence-corrected chi connectivity index (χ2v) is 5.79. The van der Waals surface area contributed by atoms with Crippen molar-refractivity contribution in [2.24, 2.45) is 5.73 Å². The molecule has 0 aromatic heterocycles. The molecule has 1 rings (SSSR count). The van der Waals surface area contributed by atoms with Gasteiger partial charge in [-0.1, -0.05) is 44.7 Å². The zero-order chi connectivity index (χ0) is 12.5. The molecule has 2 N–H and O–H groups in total. The molecule has 0 aliphatic carbocycles. The standard InChI is InChI=1S/C15H25NS/c1-3-4-5-6-7-12-17-15-10-8-14(9-11-15)13(2)16/h8-11,13H,3-7,12,16H2,1-2H3. The number of hydrogen-bond donors (Lipinski definition) is 1. The Labute approximate surface area is 110 Å². The van der Waals surface area contributed by atoms with Crippen LogP contribution in [-0.2, 0) is 0 Å². The van der Waals surface area contributed by atoms with E-state index in [1.54, 1.807) is 0 Å². The predicted octanol–water partition coefficient (Wildman–Crippen LogP) is 4.77. The van der Waals surface area contributed by atoms with Crippen LogP contribution in [0.1, 0.15) is 57.6 Å². The average Bonchev–Trinajstić information content (AvgIpc) is 2.34. The van der Waals surface area contributed by atoms with E-state index in [0.717, 1.165) is 0 Å². The highest BCUT2D eigenvalue weighted by atomic mass is 32.2. The highest BCUT2D eigenvalue weighted by molar-refractivity contribution is 7.99. The van der Waals surface area contributed by atoms with E-state index in [0.29, 0.717) is 0 Å². The van der Waals surface area contributed by atoms with E-state index in [1.165, 1.54) is 48.3 Å². The number of hydrogen-bond acceptors (Lipinski definition) is 2. The van der Waals surface area contributed by atoms with Gasteiger partial charge in [-0.3, -0.25) is 0 Å². The highest BCUT2D eigenvalue weighted by Crippen LogP contribution is 2.21. The minimum atomic E-state index is 0.142. The van der Waals surface area contributed by atoms with Crippen molar-refractivity contribution in [2.75, 3.05) is 5.75 Å². The number of unbranched alkanes of at least 4 members (excludes halogenated alkanes) is 4. The van der Waals surface area contributed by atoms with Gasteiger partial charge in [-0.05, 0) is 36.8 Å². The van der Waals surface area contributed by atoms with Gasteiger partial charge in [-0.15, -0.1) is 11.8 Å². The molecule has 0 saturated heterocycles. The molecular weight excluding hydrogens is 226 g/mol. The lowest BCUT2D eigenvalue weighted by atomic mass is 10.1. The Morgan fingerprint density at radius 2 is 1.71 bits per heavy atom. The molecule has 0 aliphatic rings. The van der Waals surface area contributed by atoms with Crippen molar-refractivity contribution in [3.8, 4) is 0 Å². The van der Waals surface area contributed by atoms with Crippen LogP contribution in [0, 0.1) is 0 Å². The normalized spacial score (nSPS) is 12.6. The SMILES string of the molecule is CCCCCCCSc1ccc(C(C)N)cc1. The lowest BCUT2D eigenvalue weighted by Crippen LogP contribution is -2.04. The van der Waals surface area contributed by atoms with E-state index < -0.39 is 0 Å². The Morgan fingerprint density at radius 3 is 2.29 bits per heavy atom. The molecule has 1 aromatic rings. The van der Waals surface area contributed by atoms with E-state index >= 15 is 0 Å². The second-order valence-electron chi connectivity index (χ2n) is 4.62. The fraction of sp³-hybridized carbons (Fsp3) is 0.600. The molecule has 96 valence electrons. The van der Waals surface area contributed by atoms with Crippen molar-refractivity contribution in [3.05, 3.63) is 29.8 Å². The van der Waals surface area contributed by atoms with Crippen LogP contribution in [0.3, 0.4) is 0 Å². The molecule has 1 nitrogen and oxygen atoms in total. The molecular formula is C15H25NS. The molecule has 0 radical (unpaired) electrons. The van der Waals surface area contributed by atoms with Gasteiger partial charge in [-0.25, -0.2) is 0 Å². The zero-order valence-corrected chi connectivity index (χ0v) is 11.9. The van der Waals surface area contributed by atoms with E-state index in [-0.39, 0.29) is 6.04 Å². The third-order valence-corrected chi connectivity index (χ3v) is 4.02. The first kappa shape index (κ1) is 14.6. The Balaban J connectivity index is 2.19. The zero-order valence-electron chi connectivity index (χ0n) is 11.1. The summed E-state index contributed by atoms with van der Waals surface area (Å²) in [7, 11) is 0. The molecule has 0 fully saturated rings. The van der Waals surface area contributed by atoms with Gasteiger partial charge in [0.15, 0.2) is 0 Å². The lowest BCUT2D eigenvalue weighted by Gasteiger charge is -2.06. The molecule has 2 heteroatoms. The smallest absolute Gasteiger partial charge is 0.0266 e. The minimum absolute atomic E-state index is 0.142. The Morgan fingerprint density at radius 1 is 1.06 bits per heavy atom. The molecule has 17 heavy (non-hydrogen) atoms. The number of thioether (sulfide) groups is 1. The average molecular weight is 251 g/mol. The maximum Gasteiger partial charge on any atom is 0.0266 e. The van der Waals surface area contributed by atoms with Crippen LogP contribution in [-0.4, -0.2) is 5.75 Å². The third kappa shape index (κ3) is 6.13. The summed E-state index contributed by atoms with van der Waals surface area (Å²) >= 11 is 1.96. The van der Waals surface area contributed by atoms with Gasteiger partial charge in [0, 0.05) is 10.9 Å². The Bertz CT molecular complexity index is 292. The molecule has 0 aliphatic heterocycles.